The molecule has 0 unspecified atom stereocenters. The van der Waals surface area contributed by atoms with E-state index in [2.05, 4.69) is 4.84 Å². The van der Waals surface area contributed by atoms with E-state index in [1.807, 2.05) is 0 Å². The molecule has 0 atom stereocenters. The summed E-state index contributed by atoms with van der Waals surface area (Å²) in [4.78, 5) is 13.7. The smallest absolute Gasteiger partial charge is 0.332 e. The monoisotopic (exact) mass is 159 g/mol. The molecule has 48 valence electrons. The fourth-order valence-electron chi connectivity index (χ4n) is 0.0745. The van der Waals surface area contributed by atoms with E-state index >= 15 is 0 Å². The highest BCUT2D eigenvalue weighted by atomic mass is 35.5. The van der Waals surface area contributed by atoms with Crippen molar-refractivity contribution in [3.8, 4) is 0 Å². The molecule has 0 aliphatic rings. The summed E-state index contributed by atoms with van der Waals surface area (Å²) < 4.78 is -1.62. The van der Waals surface area contributed by atoms with Crippen LogP contribution in [0.3, 0.4) is 0 Å². The summed E-state index contributed by atoms with van der Waals surface area (Å²) >= 11 is 9.75. The van der Waals surface area contributed by atoms with Gasteiger partial charge in [-0.3, -0.25) is 0 Å². The minimum atomic E-state index is -1.73. The number of carbonyl (C=O) groups is 1. The van der Waals surface area contributed by atoms with Gasteiger partial charge >= 0.3 is 6.09 Å². The SMILES string of the molecule is CO[N+](Cl)(Cl)C(=O)[O-]. The van der Waals surface area contributed by atoms with E-state index in [4.69, 9.17) is 23.6 Å². The Morgan fingerprint density at radius 1 is 1.75 bits per heavy atom. The molecule has 0 aliphatic heterocycles. The molecule has 8 heavy (non-hydrogen) atoms. The number of halogens is 2. The number of rotatable bonds is 1. The zero-order valence-electron chi connectivity index (χ0n) is 3.93. The molecule has 4 nitrogen and oxygen atoms in total. The van der Waals surface area contributed by atoms with Gasteiger partial charge in [-0.05, 0) is 0 Å². The first-order valence-corrected chi connectivity index (χ1v) is 2.24. The lowest BCUT2D eigenvalue weighted by atomic mass is 11.3. The van der Waals surface area contributed by atoms with E-state index < -0.39 is 9.78 Å². The van der Waals surface area contributed by atoms with Crippen molar-refractivity contribution in [2.45, 2.75) is 0 Å². The van der Waals surface area contributed by atoms with Crippen molar-refractivity contribution >= 4 is 29.6 Å². The fraction of sp³-hybridized carbons (Fsp3) is 0.500. The Balaban J connectivity index is 3.91. The molecule has 0 bridgehead atoms. The van der Waals surface area contributed by atoms with Crippen LogP contribution in [-0.4, -0.2) is 16.9 Å². The third-order valence-corrected chi connectivity index (χ3v) is 0.994. The topological polar surface area (TPSA) is 49.4 Å². The molecule has 0 rings (SSSR count). The van der Waals surface area contributed by atoms with Gasteiger partial charge in [-0.25, -0.2) is 0 Å². The van der Waals surface area contributed by atoms with E-state index in [1.54, 1.807) is 0 Å². The van der Waals surface area contributed by atoms with Gasteiger partial charge in [0.25, 0.3) is 0 Å². The molecule has 1 amide bonds. The van der Waals surface area contributed by atoms with Gasteiger partial charge in [-0.15, -0.1) is 0 Å². The van der Waals surface area contributed by atoms with E-state index in [0.29, 0.717) is 0 Å². The van der Waals surface area contributed by atoms with Crippen molar-refractivity contribution in [2.75, 3.05) is 7.11 Å². The molecule has 0 saturated heterocycles. The number of quaternary nitrogens is 1. The van der Waals surface area contributed by atoms with Crippen molar-refractivity contribution in [3.63, 3.8) is 0 Å². The maximum Gasteiger partial charge on any atom is 0.332 e. The number of hydroxylamine groups is 1. The van der Waals surface area contributed by atoms with Crippen molar-refractivity contribution in [1.29, 1.82) is 0 Å². The molecule has 0 spiro atoms. The van der Waals surface area contributed by atoms with Crippen LogP contribution in [0.15, 0.2) is 0 Å². The Bertz CT molecular complexity index is 103. The summed E-state index contributed by atoms with van der Waals surface area (Å²) in [6, 6.07) is 0. The molecule has 0 heterocycles. The van der Waals surface area contributed by atoms with Gasteiger partial charge in [0.2, 0.25) is 23.6 Å². The highest BCUT2D eigenvalue weighted by molar-refractivity contribution is 6.27. The van der Waals surface area contributed by atoms with E-state index in [9.17, 15) is 9.90 Å². The van der Waals surface area contributed by atoms with Gasteiger partial charge in [0, 0.05) is 0 Å². The number of carbonyl (C=O) groups excluding carboxylic acids is 1. The number of hydrogen-bond acceptors (Lipinski definition) is 3. The van der Waals surface area contributed by atoms with Crippen LogP contribution in [0, 0.1) is 0 Å². The normalized spacial score (nSPS) is 11.4. The second-order valence-corrected chi connectivity index (χ2v) is 2.04. The quantitative estimate of drug-likeness (QED) is 0.401. The van der Waals surface area contributed by atoms with Crippen LogP contribution >= 0.6 is 23.6 Å². The molecule has 0 aromatic carbocycles. The van der Waals surface area contributed by atoms with Gasteiger partial charge in [0.1, 0.15) is 7.11 Å². The summed E-state index contributed by atoms with van der Waals surface area (Å²) in [5, 5.41) is 9.72. The van der Waals surface area contributed by atoms with Gasteiger partial charge in [0.15, 0.2) is 0 Å². The van der Waals surface area contributed by atoms with Gasteiger partial charge in [0.05, 0.1) is 3.68 Å². The Kier molecular flexibility index (Phi) is 2.49. The van der Waals surface area contributed by atoms with Crippen molar-refractivity contribution < 1.29 is 18.4 Å². The zero-order chi connectivity index (χ0) is 6.78. The van der Waals surface area contributed by atoms with Crippen molar-refractivity contribution in [1.82, 2.24) is 0 Å². The lowest BCUT2D eigenvalue weighted by Gasteiger charge is -2.11. The van der Waals surface area contributed by atoms with Crippen LogP contribution < -0.4 is 5.11 Å². The highest BCUT2D eigenvalue weighted by Crippen LogP contribution is 2.15. The third kappa shape index (κ3) is 1.83. The molecule has 6 heteroatoms. The number of hydrogen-bond donors (Lipinski definition) is 0. The van der Waals surface area contributed by atoms with Crippen LogP contribution in [0.5, 0.6) is 0 Å². The average molecular weight is 160 g/mol. The summed E-state index contributed by atoms with van der Waals surface area (Å²) in [7, 11) is 1.04. The van der Waals surface area contributed by atoms with Crippen LogP contribution in [0.1, 0.15) is 0 Å². The predicted molar refractivity (Wildman–Crippen MR) is 24.4 cm³/mol. The summed E-state index contributed by atoms with van der Waals surface area (Å²) in [6.07, 6.45) is -1.73. The number of carboxylic acid groups (broad SMARTS) is 1. The average Bonchev–Trinajstić information content (AvgIpc) is 1.67. The minimum absolute atomic E-state index is 1.04. The van der Waals surface area contributed by atoms with E-state index in [1.165, 1.54) is 0 Å². The fourth-order valence-corrected chi connectivity index (χ4v) is 0.0745. The highest BCUT2D eigenvalue weighted by Gasteiger charge is 2.27. The lowest BCUT2D eigenvalue weighted by Crippen LogP contribution is -2.43. The van der Waals surface area contributed by atoms with Crippen molar-refractivity contribution in [3.05, 3.63) is 0 Å². The number of nitrogens with zero attached hydrogens (tertiary/aromatic N) is 1. The van der Waals surface area contributed by atoms with Gasteiger partial charge in [-0.1, -0.05) is 0 Å². The van der Waals surface area contributed by atoms with Crippen LogP contribution in [0.2, 0.25) is 0 Å². The van der Waals surface area contributed by atoms with Crippen molar-refractivity contribution in [2.24, 2.45) is 0 Å². The molecule has 0 aromatic rings. The second-order valence-electron chi connectivity index (χ2n) is 0.911. The van der Waals surface area contributed by atoms with E-state index in [0.717, 1.165) is 7.11 Å². The van der Waals surface area contributed by atoms with Crippen LogP contribution in [-0.2, 0) is 4.84 Å². The predicted octanol–water partition coefficient (Wildman–Crippen LogP) is 0.0155. The lowest BCUT2D eigenvalue weighted by molar-refractivity contribution is -0.865. The second kappa shape index (κ2) is 2.50. The molecule has 0 radical (unpaired) electrons. The molecular formula is C2H3Cl2NO3. The molecule has 0 aliphatic carbocycles. The minimum Gasteiger partial charge on any atom is -0.493 e. The van der Waals surface area contributed by atoms with Crippen LogP contribution in [0.4, 0.5) is 4.79 Å². The van der Waals surface area contributed by atoms with Crippen LogP contribution in [0.25, 0.3) is 0 Å². The third-order valence-electron chi connectivity index (χ3n) is 0.442. The number of amides is 1. The maximum atomic E-state index is 9.72. The molecule has 0 saturated carbocycles. The van der Waals surface area contributed by atoms with Gasteiger partial charge in [-0.2, -0.15) is 4.84 Å². The first-order valence-electron chi connectivity index (χ1n) is 1.56. The first-order chi connectivity index (χ1) is 3.50. The van der Waals surface area contributed by atoms with Gasteiger partial charge < -0.3 is 9.90 Å². The molecule has 0 aromatic heterocycles. The zero-order valence-corrected chi connectivity index (χ0v) is 5.44. The summed E-state index contributed by atoms with van der Waals surface area (Å²) in [6.45, 7) is 0. The summed E-state index contributed by atoms with van der Waals surface area (Å²) in [5.41, 5.74) is 0. The standard InChI is InChI=1S/C2H3Cl2NO3/c1-8-5(3,4)2(6)7/h1H3. The Labute approximate surface area is 55.9 Å². The Hall–Kier alpha value is -0.0300. The van der Waals surface area contributed by atoms with E-state index in [-0.39, 0.29) is 0 Å². The summed E-state index contributed by atoms with van der Waals surface area (Å²) in [5.74, 6) is 0. The maximum absolute atomic E-state index is 9.72. The Morgan fingerprint density at radius 3 is 2.12 bits per heavy atom. The largest absolute Gasteiger partial charge is 0.493 e. The molecule has 0 fully saturated rings. The first kappa shape index (κ1) is 7.97. The molecule has 0 N–H and O–H groups in total. The molecular weight excluding hydrogens is 157 g/mol. The Morgan fingerprint density at radius 2 is 2.12 bits per heavy atom.